The molecule has 4 nitrogen and oxygen atoms in total. The molecule has 6 heteroatoms. The number of hydrogen-bond acceptors (Lipinski definition) is 3. The van der Waals surface area contributed by atoms with Crippen LogP contribution in [0.2, 0.25) is 5.02 Å². The maximum Gasteiger partial charge on any atom is 0.218 e. The van der Waals surface area contributed by atoms with Gasteiger partial charge in [0.05, 0.1) is 5.25 Å². The summed E-state index contributed by atoms with van der Waals surface area (Å²) < 4.78 is 25.5. The highest BCUT2D eigenvalue weighted by atomic mass is 35.5. The normalized spacial score (nSPS) is 24.0. The molecule has 0 amide bonds. The second kappa shape index (κ2) is 4.94. The Morgan fingerprint density at radius 1 is 1.41 bits per heavy atom. The highest BCUT2D eigenvalue weighted by molar-refractivity contribution is 7.90. The fraction of sp³-hybridized carbons (Fsp3) is 0.455. The van der Waals surface area contributed by atoms with Gasteiger partial charge in [0.15, 0.2) is 0 Å². The summed E-state index contributed by atoms with van der Waals surface area (Å²) in [6.45, 7) is 1.04. The van der Waals surface area contributed by atoms with Gasteiger partial charge in [0, 0.05) is 24.7 Å². The second-order valence-corrected chi connectivity index (χ2v) is 6.74. The minimum absolute atomic E-state index is 0.182. The summed E-state index contributed by atoms with van der Waals surface area (Å²) in [5, 5.41) is 0.156. The van der Waals surface area contributed by atoms with E-state index in [4.69, 9.17) is 17.3 Å². The summed E-state index contributed by atoms with van der Waals surface area (Å²) in [5.74, 6) is 0. The van der Waals surface area contributed by atoms with E-state index in [1.807, 2.05) is 18.2 Å². The molecule has 1 saturated heterocycles. The standard InChI is InChI=1S/C11H15ClN2O2S/c12-11-4-2-1-3-9(11)8-14-6-5-10(7-13)17(14,15)16/h1-4,10H,5-8,13H2/t10-/m0/s1. The van der Waals surface area contributed by atoms with Gasteiger partial charge in [-0.15, -0.1) is 0 Å². The predicted molar refractivity (Wildman–Crippen MR) is 68.2 cm³/mol. The van der Waals surface area contributed by atoms with Gasteiger partial charge < -0.3 is 5.73 Å². The lowest BCUT2D eigenvalue weighted by Gasteiger charge is -2.16. The number of sulfonamides is 1. The molecule has 0 saturated carbocycles. The van der Waals surface area contributed by atoms with E-state index in [-0.39, 0.29) is 6.54 Å². The molecular weight excluding hydrogens is 260 g/mol. The van der Waals surface area contributed by atoms with E-state index in [2.05, 4.69) is 0 Å². The Balaban J connectivity index is 2.19. The molecule has 1 aliphatic heterocycles. The molecule has 2 rings (SSSR count). The van der Waals surface area contributed by atoms with Crippen LogP contribution < -0.4 is 5.73 Å². The number of hydrogen-bond donors (Lipinski definition) is 1. The Morgan fingerprint density at radius 3 is 2.71 bits per heavy atom. The van der Waals surface area contributed by atoms with E-state index in [1.165, 1.54) is 4.31 Å². The largest absolute Gasteiger partial charge is 0.329 e. The summed E-state index contributed by atoms with van der Waals surface area (Å²) >= 11 is 6.02. The van der Waals surface area contributed by atoms with Gasteiger partial charge in [0.1, 0.15) is 0 Å². The first kappa shape index (κ1) is 12.8. The van der Waals surface area contributed by atoms with Crippen LogP contribution in [0.15, 0.2) is 24.3 Å². The van der Waals surface area contributed by atoms with Crippen molar-refractivity contribution in [2.24, 2.45) is 5.73 Å². The second-order valence-electron chi connectivity index (χ2n) is 4.12. The maximum absolute atomic E-state index is 12.0. The zero-order chi connectivity index (χ0) is 12.5. The minimum atomic E-state index is -3.24. The quantitative estimate of drug-likeness (QED) is 0.901. The highest BCUT2D eigenvalue weighted by Crippen LogP contribution is 2.25. The van der Waals surface area contributed by atoms with Gasteiger partial charge in [0.25, 0.3) is 0 Å². The van der Waals surface area contributed by atoms with Crippen LogP contribution in [0.3, 0.4) is 0 Å². The molecule has 0 aliphatic carbocycles. The summed E-state index contributed by atoms with van der Waals surface area (Å²) in [7, 11) is -3.24. The molecule has 0 aromatic heterocycles. The third-order valence-corrected chi connectivity index (χ3v) is 5.72. The average molecular weight is 275 g/mol. The summed E-state index contributed by atoms with van der Waals surface area (Å²) in [5.41, 5.74) is 6.29. The third-order valence-electron chi connectivity index (χ3n) is 3.05. The van der Waals surface area contributed by atoms with Crippen molar-refractivity contribution in [1.82, 2.24) is 4.31 Å². The number of halogens is 1. The predicted octanol–water partition coefficient (Wildman–Crippen LogP) is 1.20. The SMILES string of the molecule is NC[C@@H]1CCN(Cc2ccccc2Cl)S1(=O)=O. The van der Waals surface area contributed by atoms with Gasteiger partial charge in [-0.1, -0.05) is 29.8 Å². The summed E-state index contributed by atoms with van der Waals surface area (Å²) in [6.07, 6.45) is 0.600. The number of benzene rings is 1. The van der Waals surface area contributed by atoms with Crippen molar-refractivity contribution in [2.45, 2.75) is 18.2 Å². The molecule has 94 valence electrons. The van der Waals surface area contributed by atoms with Gasteiger partial charge in [-0.05, 0) is 18.1 Å². The smallest absolute Gasteiger partial charge is 0.218 e. The molecule has 0 bridgehead atoms. The zero-order valence-corrected chi connectivity index (χ0v) is 10.9. The van der Waals surface area contributed by atoms with Gasteiger partial charge in [-0.3, -0.25) is 0 Å². The van der Waals surface area contributed by atoms with Crippen LogP contribution >= 0.6 is 11.6 Å². The van der Waals surface area contributed by atoms with E-state index in [9.17, 15) is 8.42 Å². The Labute approximate surface area is 106 Å². The van der Waals surface area contributed by atoms with Crippen molar-refractivity contribution in [2.75, 3.05) is 13.1 Å². The van der Waals surface area contributed by atoms with Crippen LogP contribution in [-0.4, -0.2) is 31.1 Å². The lowest BCUT2D eigenvalue weighted by molar-refractivity contribution is 0.440. The Bertz CT molecular complexity index is 504. The van der Waals surface area contributed by atoms with E-state index in [0.717, 1.165) is 5.56 Å². The van der Waals surface area contributed by atoms with Crippen LogP contribution in [0.4, 0.5) is 0 Å². The van der Waals surface area contributed by atoms with Gasteiger partial charge in [-0.2, -0.15) is 4.31 Å². The van der Waals surface area contributed by atoms with Crippen molar-refractivity contribution < 1.29 is 8.42 Å². The molecule has 1 fully saturated rings. The molecule has 0 radical (unpaired) electrons. The first-order valence-electron chi connectivity index (χ1n) is 5.48. The molecule has 2 N–H and O–H groups in total. The van der Waals surface area contributed by atoms with Crippen LogP contribution in [-0.2, 0) is 16.6 Å². The Hall–Kier alpha value is -0.620. The highest BCUT2D eigenvalue weighted by Gasteiger charge is 2.37. The molecule has 1 heterocycles. The van der Waals surface area contributed by atoms with Gasteiger partial charge >= 0.3 is 0 Å². The zero-order valence-electron chi connectivity index (χ0n) is 9.34. The van der Waals surface area contributed by atoms with E-state index in [0.29, 0.717) is 24.5 Å². The van der Waals surface area contributed by atoms with Crippen LogP contribution in [0.5, 0.6) is 0 Å². The first-order valence-corrected chi connectivity index (χ1v) is 7.36. The fourth-order valence-electron chi connectivity index (χ4n) is 2.00. The minimum Gasteiger partial charge on any atom is -0.329 e. The van der Waals surface area contributed by atoms with E-state index in [1.54, 1.807) is 6.07 Å². The maximum atomic E-state index is 12.0. The van der Waals surface area contributed by atoms with E-state index >= 15 is 0 Å². The molecule has 1 atom stereocenters. The summed E-state index contributed by atoms with van der Waals surface area (Å²) in [6, 6.07) is 7.28. The molecular formula is C11H15ClN2O2S. The number of rotatable bonds is 3. The van der Waals surface area contributed by atoms with Crippen molar-refractivity contribution in [3.8, 4) is 0 Å². The lowest BCUT2D eigenvalue weighted by atomic mass is 10.2. The molecule has 1 aromatic rings. The average Bonchev–Trinajstić information content (AvgIpc) is 2.57. The topological polar surface area (TPSA) is 63.4 Å². The van der Waals surface area contributed by atoms with Crippen molar-refractivity contribution >= 4 is 21.6 Å². The molecule has 17 heavy (non-hydrogen) atoms. The molecule has 0 unspecified atom stereocenters. The number of nitrogens with zero attached hydrogens (tertiary/aromatic N) is 1. The van der Waals surface area contributed by atoms with Crippen molar-refractivity contribution in [1.29, 1.82) is 0 Å². The molecule has 1 aromatic carbocycles. The van der Waals surface area contributed by atoms with Crippen LogP contribution in [0.25, 0.3) is 0 Å². The third kappa shape index (κ3) is 2.47. The number of nitrogens with two attached hydrogens (primary N) is 1. The molecule has 0 spiro atoms. The van der Waals surface area contributed by atoms with Crippen molar-refractivity contribution in [3.63, 3.8) is 0 Å². The first-order chi connectivity index (χ1) is 8.05. The van der Waals surface area contributed by atoms with Crippen LogP contribution in [0.1, 0.15) is 12.0 Å². The van der Waals surface area contributed by atoms with Crippen LogP contribution in [0, 0.1) is 0 Å². The molecule has 1 aliphatic rings. The van der Waals surface area contributed by atoms with Gasteiger partial charge in [0.2, 0.25) is 10.0 Å². The Kier molecular flexibility index (Phi) is 3.73. The monoisotopic (exact) mass is 274 g/mol. The summed E-state index contributed by atoms with van der Waals surface area (Å²) in [4.78, 5) is 0. The fourth-order valence-corrected chi connectivity index (χ4v) is 3.94. The van der Waals surface area contributed by atoms with Gasteiger partial charge in [-0.25, -0.2) is 8.42 Å². The Morgan fingerprint density at radius 2 is 2.12 bits per heavy atom. The lowest BCUT2D eigenvalue weighted by Crippen LogP contribution is -2.32. The van der Waals surface area contributed by atoms with E-state index < -0.39 is 15.3 Å². The van der Waals surface area contributed by atoms with Crippen molar-refractivity contribution in [3.05, 3.63) is 34.9 Å².